The van der Waals surface area contributed by atoms with Gasteiger partial charge in [-0.05, 0) is 23.4 Å². The monoisotopic (exact) mass is 280 g/mol. The number of aliphatic carboxylic acids is 1. The molecule has 3 rings (SSSR count). The molecule has 0 spiro atoms. The summed E-state index contributed by atoms with van der Waals surface area (Å²) in [4.78, 5) is 30.9. The number of rotatable bonds is 2. The number of carboxylic acids is 1. The molecule has 0 saturated heterocycles. The van der Waals surface area contributed by atoms with Crippen LogP contribution in [-0.4, -0.2) is 40.2 Å². The number of hydrogen-bond acceptors (Lipinski definition) is 5. The van der Waals surface area contributed by atoms with Crippen molar-refractivity contribution in [3.8, 4) is 0 Å². The summed E-state index contributed by atoms with van der Waals surface area (Å²) in [6.07, 6.45) is 0.102. The summed E-state index contributed by atoms with van der Waals surface area (Å²) in [5.74, 6) is -1.31. The summed E-state index contributed by atoms with van der Waals surface area (Å²) >= 11 is 1.71. The van der Waals surface area contributed by atoms with Gasteiger partial charge in [-0.25, -0.2) is 4.79 Å². The minimum atomic E-state index is -1.13. The number of carboxylic acid groups (broad SMARTS) is 1. The molecule has 1 N–H and O–H groups in total. The van der Waals surface area contributed by atoms with E-state index < -0.39 is 12.1 Å². The lowest BCUT2D eigenvalue weighted by atomic mass is 10.1. The fourth-order valence-electron chi connectivity index (χ4n) is 2.28. The molecule has 19 heavy (non-hydrogen) atoms. The highest BCUT2D eigenvalue weighted by atomic mass is 32.1. The number of oxime groups is 1. The average molecular weight is 280 g/mol. The fraction of sp³-hybridized carbons (Fsp3) is 0.417. The van der Waals surface area contributed by atoms with Crippen LogP contribution in [0.5, 0.6) is 0 Å². The molecule has 0 aliphatic carbocycles. The van der Waals surface area contributed by atoms with Gasteiger partial charge in [0.15, 0.2) is 5.71 Å². The van der Waals surface area contributed by atoms with Gasteiger partial charge in [-0.3, -0.25) is 4.79 Å². The molecule has 7 heteroatoms. The topological polar surface area (TPSA) is 79.2 Å². The van der Waals surface area contributed by atoms with Gasteiger partial charge in [0.25, 0.3) is 5.91 Å². The SMILES string of the molecule is O=C(O)C1=NOC(C(=O)N2CCc3sccc3C2)C1. The van der Waals surface area contributed by atoms with E-state index in [1.54, 1.807) is 16.2 Å². The highest BCUT2D eigenvalue weighted by molar-refractivity contribution is 7.10. The molecule has 1 aromatic rings. The Hall–Kier alpha value is -1.89. The van der Waals surface area contributed by atoms with Gasteiger partial charge in [0, 0.05) is 24.4 Å². The Bertz CT molecular complexity index is 566. The van der Waals surface area contributed by atoms with Gasteiger partial charge in [0.2, 0.25) is 6.10 Å². The Morgan fingerprint density at radius 2 is 2.37 bits per heavy atom. The molecular weight excluding hydrogens is 268 g/mol. The fourth-order valence-corrected chi connectivity index (χ4v) is 3.17. The Labute approximate surface area is 113 Å². The van der Waals surface area contributed by atoms with Crippen LogP contribution >= 0.6 is 11.3 Å². The molecule has 1 amide bonds. The summed E-state index contributed by atoms with van der Waals surface area (Å²) in [7, 11) is 0. The molecule has 0 bridgehead atoms. The molecule has 100 valence electrons. The number of fused-ring (bicyclic) bond motifs is 1. The minimum absolute atomic E-state index is 0.0428. The van der Waals surface area contributed by atoms with Crippen LogP contribution in [-0.2, 0) is 27.4 Å². The lowest BCUT2D eigenvalue weighted by molar-refractivity contribution is -0.143. The number of carbonyl (C=O) groups is 2. The van der Waals surface area contributed by atoms with Gasteiger partial charge >= 0.3 is 5.97 Å². The van der Waals surface area contributed by atoms with E-state index in [-0.39, 0.29) is 18.0 Å². The van der Waals surface area contributed by atoms with Crippen molar-refractivity contribution in [2.45, 2.75) is 25.5 Å². The van der Waals surface area contributed by atoms with E-state index in [1.165, 1.54) is 10.4 Å². The Morgan fingerprint density at radius 3 is 3.11 bits per heavy atom. The predicted molar refractivity (Wildman–Crippen MR) is 68.0 cm³/mol. The number of thiophene rings is 1. The van der Waals surface area contributed by atoms with Crippen molar-refractivity contribution in [1.82, 2.24) is 4.90 Å². The van der Waals surface area contributed by atoms with Gasteiger partial charge < -0.3 is 14.8 Å². The summed E-state index contributed by atoms with van der Waals surface area (Å²) in [5, 5.41) is 14.3. The zero-order valence-corrected chi connectivity index (χ0v) is 10.9. The summed E-state index contributed by atoms with van der Waals surface area (Å²) in [5.41, 5.74) is 1.08. The van der Waals surface area contributed by atoms with Gasteiger partial charge in [-0.1, -0.05) is 5.16 Å². The van der Waals surface area contributed by atoms with E-state index in [0.717, 1.165) is 6.42 Å². The first-order valence-electron chi connectivity index (χ1n) is 5.95. The van der Waals surface area contributed by atoms with Crippen molar-refractivity contribution < 1.29 is 19.5 Å². The maximum atomic E-state index is 12.2. The first-order valence-corrected chi connectivity index (χ1v) is 6.83. The normalized spacial score (nSPS) is 21.6. The van der Waals surface area contributed by atoms with E-state index in [2.05, 4.69) is 5.16 Å². The van der Waals surface area contributed by atoms with Gasteiger partial charge in [0.05, 0.1) is 0 Å². The van der Waals surface area contributed by atoms with E-state index in [1.807, 2.05) is 11.4 Å². The van der Waals surface area contributed by atoms with Crippen LogP contribution in [0.2, 0.25) is 0 Å². The lowest BCUT2D eigenvalue weighted by Crippen LogP contribution is -2.42. The van der Waals surface area contributed by atoms with Crippen molar-refractivity contribution >= 4 is 28.9 Å². The molecule has 1 unspecified atom stereocenters. The van der Waals surface area contributed by atoms with Crippen LogP contribution in [0.15, 0.2) is 16.6 Å². The summed E-state index contributed by atoms with van der Waals surface area (Å²) < 4.78 is 0. The second-order valence-corrected chi connectivity index (χ2v) is 5.52. The van der Waals surface area contributed by atoms with Crippen LogP contribution in [0.3, 0.4) is 0 Å². The molecule has 0 fully saturated rings. The molecular formula is C12H12N2O4S. The second kappa shape index (κ2) is 4.65. The number of amides is 1. The van der Waals surface area contributed by atoms with Crippen molar-refractivity contribution in [3.05, 3.63) is 21.9 Å². The molecule has 2 aliphatic heterocycles. The average Bonchev–Trinajstić information content (AvgIpc) is 3.06. The maximum Gasteiger partial charge on any atom is 0.353 e. The minimum Gasteiger partial charge on any atom is -0.477 e. The van der Waals surface area contributed by atoms with Gasteiger partial charge in [0.1, 0.15) is 0 Å². The zero-order chi connectivity index (χ0) is 13.4. The Balaban J connectivity index is 1.65. The Kier molecular flexibility index (Phi) is 2.98. The smallest absolute Gasteiger partial charge is 0.353 e. The van der Waals surface area contributed by atoms with E-state index in [9.17, 15) is 9.59 Å². The molecule has 2 aliphatic rings. The quantitative estimate of drug-likeness (QED) is 0.871. The molecule has 6 nitrogen and oxygen atoms in total. The predicted octanol–water partition coefficient (Wildman–Crippen LogP) is 0.862. The number of nitrogens with zero attached hydrogens (tertiary/aromatic N) is 2. The third-order valence-electron chi connectivity index (χ3n) is 3.31. The highest BCUT2D eigenvalue weighted by Gasteiger charge is 2.35. The molecule has 3 heterocycles. The lowest BCUT2D eigenvalue weighted by Gasteiger charge is -2.28. The van der Waals surface area contributed by atoms with Crippen molar-refractivity contribution in [2.75, 3.05) is 6.54 Å². The molecule has 1 aromatic heterocycles. The van der Waals surface area contributed by atoms with Crippen molar-refractivity contribution in [1.29, 1.82) is 0 Å². The van der Waals surface area contributed by atoms with Crippen molar-refractivity contribution in [2.24, 2.45) is 5.16 Å². The van der Waals surface area contributed by atoms with E-state index in [4.69, 9.17) is 9.94 Å². The van der Waals surface area contributed by atoms with Crippen LogP contribution < -0.4 is 0 Å². The number of carbonyl (C=O) groups excluding carboxylic acids is 1. The van der Waals surface area contributed by atoms with Crippen molar-refractivity contribution in [3.63, 3.8) is 0 Å². The second-order valence-electron chi connectivity index (χ2n) is 4.52. The first kappa shape index (κ1) is 12.2. The molecule has 1 atom stereocenters. The molecule has 0 radical (unpaired) electrons. The third-order valence-corrected chi connectivity index (χ3v) is 4.33. The Morgan fingerprint density at radius 1 is 1.53 bits per heavy atom. The van der Waals surface area contributed by atoms with E-state index in [0.29, 0.717) is 13.1 Å². The molecule has 0 aromatic carbocycles. The van der Waals surface area contributed by atoms with Gasteiger partial charge in [-0.15, -0.1) is 11.3 Å². The zero-order valence-electron chi connectivity index (χ0n) is 10.0. The van der Waals surface area contributed by atoms with Crippen LogP contribution in [0.4, 0.5) is 0 Å². The van der Waals surface area contributed by atoms with Crippen LogP contribution in [0.1, 0.15) is 16.9 Å². The van der Waals surface area contributed by atoms with Gasteiger partial charge in [-0.2, -0.15) is 0 Å². The molecule has 0 saturated carbocycles. The standard InChI is InChI=1S/C12H12N2O4S/c15-11(9-5-8(12(16)17)13-18-9)14-3-1-10-7(6-14)2-4-19-10/h2,4,9H,1,3,5-6H2,(H,16,17). The van der Waals surface area contributed by atoms with E-state index >= 15 is 0 Å². The highest BCUT2D eigenvalue weighted by Crippen LogP contribution is 2.25. The van der Waals surface area contributed by atoms with Crippen LogP contribution in [0.25, 0.3) is 0 Å². The van der Waals surface area contributed by atoms with Crippen LogP contribution in [0, 0.1) is 0 Å². The summed E-state index contributed by atoms with van der Waals surface area (Å²) in [6, 6.07) is 2.02. The third kappa shape index (κ3) is 2.21. The number of hydrogen-bond donors (Lipinski definition) is 1. The largest absolute Gasteiger partial charge is 0.477 e. The first-order chi connectivity index (χ1) is 9.15. The maximum absolute atomic E-state index is 12.2. The summed E-state index contributed by atoms with van der Waals surface area (Å²) in [6.45, 7) is 1.22.